The number of ether oxygens (including phenoxy) is 1. The predicted molar refractivity (Wildman–Crippen MR) is 132 cm³/mol. The van der Waals surface area contributed by atoms with E-state index in [2.05, 4.69) is 10.6 Å². The summed E-state index contributed by atoms with van der Waals surface area (Å²) in [4.78, 5) is 37.8. The Hall–Kier alpha value is -2.46. The third-order valence-electron chi connectivity index (χ3n) is 8.34. The summed E-state index contributed by atoms with van der Waals surface area (Å²) in [6, 6.07) is 6.18. The Labute approximate surface area is 212 Å². The minimum absolute atomic E-state index is 0.0793. The molecule has 4 bridgehead atoms. The molecule has 4 saturated carbocycles. The lowest BCUT2D eigenvalue weighted by molar-refractivity contribution is -0.176. The maximum atomic E-state index is 13.2. The van der Waals surface area contributed by atoms with Crippen LogP contribution in [-0.2, 0) is 29.1 Å². The van der Waals surface area contributed by atoms with Crippen LogP contribution in [-0.4, -0.2) is 55.7 Å². The molecule has 5 fully saturated rings. The number of sulfonamides is 1. The highest BCUT2D eigenvalue weighted by Gasteiger charge is 2.61. The van der Waals surface area contributed by atoms with Crippen molar-refractivity contribution in [2.24, 2.45) is 17.3 Å². The lowest BCUT2D eigenvalue weighted by atomic mass is 9.47. The second-order valence-corrected chi connectivity index (χ2v) is 13.3. The average molecular weight is 518 g/mol. The number of amides is 2. The van der Waals surface area contributed by atoms with E-state index < -0.39 is 28.0 Å². The molecule has 36 heavy (non-hydrogen) atoms. The number of esters is 1. The number of carbonyl (C=O) groups excluding carboxylic acids is 3. The molecule has 6 rings (SSSR count). The first kappa shape index (κ1) is 25.2. The van der Waals surface area contributed by atoms with Crippen LogP contribution < -0.4 is 10.6 Å². The lowest BCUT2D eigenvalue weighted by Gasteiger charge is -2.60. The first-order chi connectivity index (χ1) is 17.1. The second-order valence-electron chi connectivity index (χ2n) is 11.3. The molecule has 2 unspecified atom stereocenters. The quantitative estimate of drug-likeness (QED) is 0.537. The summed E-state index contributed by atoms with van der Waals surface area (Å²) in [7, 11) is -3.62. The predicted octanol–water partition coefficient (Wildman–Crippen LogP) is 2.82. The molecule has 1 saturated heterocycles. The van der Waals surface area contributed by atoms with Crippen LogP contribution in [0.5, 0.6) is 0 Å². The molecule has 196 valence electrons. The van der Waals surface area contributed by atoms with E-state index in [1.165, 1.54) is 23.4 Å². The van der Waals surface area contributed by atoms with Crippen LogP contribution in [0.15, 0.2) is 29.2 Å². The Morgan fingerprint density at radius 3 is 2.42 bits per heavy atom. The maximum Gasteiger partial charge on any atom is 0.312 e. The van der Waals surface area contributed by atoms with Crippen LogP contribution in [0, 0.1) is 17.3 Å². The normalized spacial score (nSPS) is 31.6. The van der Waals surface area contributed by atoms with Gasteiger partial charge in [-0.1, -0.05) is 12.5 Å². The smallest absolute Gasteiger partial charge is 0.312 e. The van der Waals surface area contributed by atoms with E-state index >= 15 is 0 Å². The fraction of sp³-hybridized carbons (Fsp3) is 0.654. The van der Waals surface area contributed by atoms with Crippen LogP contribution >= 0.6 is 0 Å². The first-order valence-corrected chi connectivity index (χ1v) is 14.4. The fourth-order valence-corrected chi connectivity index (χ4v) is 9.05. The largest absolute Gasteiger partial charge is 0.455 e. The number of hydrogen-bond acceptors (Lipinski definition) is 6. The summed E-state index contributed by atoms with van der Waals surface area (Å²) in [6.07, 6.45) is 7.62. The fourth-order valence-electron chi connectivity index (χ4n) is 7.49. The third kappa shape index (κ3) is 4.89. The maximum absolute atomic E-state index is 13.2. The van der Waals surface area contributed by atoms with Crippen molar-refractivity contribution in [2.45, 2.75) is 75.1 Å². The molecule has 0 spiro atoms. The average Bonchev–Trinajstić information content (AvgIpc) is 2.81. The van der Waals surface area contributed by atoms with Crippen molar-refractivity contribution in [3.63, 3.8) is 0 Å². The standard InChI is InChI=1S/C26H35N3O6S/c1-18(30)28-26-14-19-10-20(15-26)13-25(12-19,17-26)24(32)35-16-23(31)27-21-6-5-7-22(11-21)36(33,34)29-8-3-2-4-9-29/h5-7,11,19-20H,2-4,8-10,12-17H2,1H3,(H,27,31)(H,28,30). The highest BCUT2D eigenvalue weighted by molar-refractivity contribution is 7.89. The minimum atomic E-state index is -3.62. The van der Waals surface area contributed by atoms with E-state index in [1.807, 2.05) is 0 Å². The van der Waals surface area contributed by atoms with Gasteiger partial charge in [-0.2, -0.15) is 4.31 Å². The Balaban J connectivity index is 1.21. The highest BCUT2D eigenvalue weighted by Crippen LogP contribution is 2.62. The molecule has 1 aromatic carbocycles. The van der Waals surface area contributed by atoms with Gasteiger partial charge in [0, 0.05) is 31.2 Å². The van der Waals surface area contributed by atoms with Crippen molar-refractivity contribution in [3.05, 3.63) is 24.3 Å². The molecule has 0 aromatic heterocycles. The molecule has 2 amide bonds. The van der Waals surface area contributed by atoms with Crippen LogP contribution in [0.1, 0.15) is 64.7 Å². The molecule has 10 heteroatoms. The highest BCUT2D eigenvalue weighted by atomic mass is 32.2. The summed E-state index contributed by atoms with van der Waals surface area (Å²) >= 11 is 0. The van der Waals surface area contributed by atoms with Crippen LogP contribution in [0.2, 0.25) is 0 Å². The topological polar surface area (TPSA) is 122 Å². The number of nitrogens with zero attached hydrogens (tertiary/aromatic N) is 1. The van der Waals surface area contributed by atoms with E-state index in [4.69, 9.17) is 4.74 Å². The number of anilines is 1. The van der Waals surface area contributed by atoms with Gasteiger partial charge in [0.2, 0.25) is 15.9 Å². The number of nitrogens with one attached hydrogen (secondary N) is 2. The molecule has 2 atom stereocenters. The van der Waals surface area contributed by atoms with E-state index in [9.17, 15) is 22.8 Å². The van der Waals surface area contributed by atoms with Crippen LogP contribution in [0.25, 0.3) is 0 Å². The van der Waals surface area contributed by atoms with Gasteiger partial charge in [0.25, 0.3) is 5.91 Å². The van der Waals surface area contributed by atoms with E-state index in [0.29, 0.717) is 37.0 Å². The third-order valence-corrected chi connectivity index (χ3v) is 10.2. The minimum Gasteiger partial charge on any atom is -0.455 e. The van der Waals surface area contributed by atoms with Gasteiger partial charge in [0.05, 0.1) is 10.3 Å². The Morgan fingerprint density at radius 2 is 1.75 bits per heavy atom. The van der Waals surface area contributed by atoms with Gasteiger partial charge in [0.1, 0.15) is 0 Å². The van der Waals surface area contributed by atoms with E-state index in [0.717, 1.165) is 51.4 Å². The van der Waals surface area contributed by atoms with Gasteiger partial charge in [-0.05, 0) is 81.4 Å². The molecular formula is C26H35N3O6S. The molecule has 5 aliphatic rings. The number of piperidine rings is 1. The zero-order valence-electron chi connectivity index (χ0n) is 20.8. The zero-order chi connectivity index (χ0) is 25.6. The zero-order valence-corrected chi connectivity index (χ0v) is 21.6. The molecule has 4 aliphatic carbocycles. The lowest BCUT2D eigenvalue weighted by Crippen LogP contribution is -2.64. The summed E-state index contributed by atoms with van der Waals surface area (Å²) in [5, 5.41) is 5.79. The van der Waals surface area contributed by atoms with Gasteiger partial charge >= 0.3 is 5.97 Å². The van der Waals surface area contributed by atoms with Gasteiger partial charge in [-0.15, -0.1) is 0 Å². The van der Waals surface area contributed by atoms with Gasteiger partial charge in [-0.25, -0.2) is 8.42 Å². The number of benzene rings is 1. The second kappa shape index (κ2) is 9.45. The number of carbonyl (C=O) groups is 3. The molecule has 2 N–H and O–H groups in total. The molecular weight excluding hydrogens is 482 g/mol. The van der Waals surface area contributed by atoms with Crippen LogP contribution in [0.3, 0.4) is 0 Å². The summed E-state index contributed by atoms with van der Waals surface area (Å²) in [6.45, 7) is 2.08. The summed E-state index contributed by atoms with van der Waals surface area (Å²) < 4.78 is 32.9. The molecule has 0 radical (unpaired) electrons. The molecule has 1 aromatic rings. The van der Waals surface area contributed by atoms with Crippen molar-refractivity contribution < 1.29 is 27.5 Å². The van der Waals surface area contributed by atoms with Crippen LogP contribution in [0.4, 0.5) is 5.69 Å². The van der Waals surface area contributed by atoms with Crippen molar-refractivity contribution in [2.75, 3.05) is 25.0 Å². The van der Waals surface area contributed by atoms with E-state index in [1.54, 1.807) is 12.1 Å². The molecule has 9 nitrogen and oxygen atoms in total. The van der Waals surface area contributed by atoms with Crippen molar-refractivity contribution >= 4 is 33.5 Å². The van der Waals surface area contributed by atoms with Gasteiger partial charge in [-0.3, -0.25) is 14.4 Å². The van der Waals surface area contributed by atoms with Gasteiger partial charge < -0.3 is 15.4 Å². The SMILES string of the molecule is CC(=O)NC12CC3CC(C1)CC(C(=O)OCC(=O)Nc1cccc(S(=O)(=O)N4CCCCC4)c1)(C3)C2. The van der Waals surface area contributed by atoms with Crippen molar-refractivity contribution in [1.29, 1.82) is 0 Å². The monoisotopic (exact) mass is 517 g/mol. The Morgan fingerprint density at radius 1 is 1.06 bits per heavy atom. The van der Waals surface area contributed by atoms with Gasteiger partial charge in [0.15, 0.2) is 6.61 Å². The summed E-state index contributed by atoms with van der Waals surface area (Å²) in [5.41, 5.74) is -0.666. The number of rotatable bonds is 7. The molecule has 1 heterocycles. The van der Waals surface area contributed by atoms with Crippen molar-refractivity contribution in [3.8, 4) is 0 Å². The Kier molecular flexibility index (Phi) is 6.61. The first-order valence-electron chi connectivity index (χ1n) is 13.0. The van der Waals surface area contributed by atoms with E-state index in [-0.39, 0.29) is 22.3 Å². The molecule has 1 aliphatic heterocycles. The number of hydrogen-bond donors (Lipinski definition) is 2. The van der Waals surface area contributed by atoms with Crippen molar-refractivity contribution in [1.82, 2.24) is 9.62 Å². The Bertz CT molecular complexity index is 1150. The summed E-state index contributed by atoms with van der Waals surface area (Å²) in [5.74, 6) is -0.211.